The summed E-state index contributed by atoms with van der Waals surface area (Å²) in [4.78, 5) is 25.1. The number of aromatic nitrogens is 3. The van der Waals surface area contributed by atoms with Crippen molar-refractivity contribution in [1.82, 2.24) is 14.8 Å². The summed E-state index contributed by atoms with van der Waals surface area (Å²) >= 11 is 0. The minimum absolute atomic E-state index is 0.0849. The molecule has 3 aromatic rings. The smallest absolute Gasteiger partial charge is 0.163 e. The van der Waals surface area contributed by atoms with Crippen LogP contribution >= 0.6 is 0 Å². The number of ether oxygens (including phenoxy) is 1. The summed E-state index contributed by atoms with van der Waals surface area (Å²) in [5.74, 6) is 2.46. The summed E-state index contributed by atoms with van der Waals surface area (Å²) in [6.07, 6.45) is 5.72. The molecule has 1 aliphatic heterocycles. The Labute approximate surface area is 181 Å². The second-order valence-electron chi connectivity index (χ2n) is 7.68. The summed E-state index contributed by atoms with van der Waals surface area (Å²) in [6.45, 7) is 0.664. The molecule has 0 N–H and O–H groups in total. The number of carbonyl (C=O) groups is 2. The topological polar surface area (TPSA) is 74.1 Å². The minimum Gasteiger partial charge on any atom is -0.497 e. The zero-order valence-electron chi connectivity index (χ0n) is 17.5. The molecule has 0 radical (unpaired) electrons. The molecule has 1 unspecified atom stereocenters. The van der Waals surface area contributed by atoms with E-state index in [0.717, 1.165) is 23.0 Å². The first-order valence-electron chi connectivity index (χ1n) is 10.5. The molecule has 0 aliphatic carbocycles. The van der Waals surface area contributed by atoms with Crippen molar-refractivity contribution in [2.45, 2.75) is 38.1 Å². The first kappa shape index (κ1) is 20.7. The van der Waals surface area contributed by atoms with Crippen molar-refractivity contribution in [3.63, 3.8) is 0 Å². The lowest BCUT2D eigenvalue weighted by atomic mass is 9.95. The molecule has 2 aromatic carbocycles. The third-order valence-electron chi connectivity index (χ3n) is 5.51. The van der Waals surface area contributed by atoms with Gasteiger partial charge in [0.1, 0.15) is 23.2 Å². The molecule has 1 atom stereocenters. The molecule has 0 amide bonds. The van der Waals surface area contributed by atoms with Crippen LogP contribution in [0.3, 0.4) is 0 Å². The van der Waals surface area contributed by atoms with Crippen molar-refractivity contribution in [3.8, 4) is 5.75 Å². The van der Waals surface area contributed by atoms with Crippen LogP contribution in [0.1, 0.15) is 46.3 Å². The molecule has 4 rings (SSSR count). The first-order valence-corrected chi connectivity index (χ1v) is 10.5. The Bertz CT molecular complexity index is 1100. The zero-order chi connectivity index (χ0) is 21.6. The van der Waals surface area contributed by atoms with Crippen LogP contribution in [0.5, 0.6) is 5.75 Å². The molecule has 0 saturated heterocycles. The molecule has 6 heteroatoms. The maximum Gasteiger partial charge on any atom is 0.163 e. The monoisotopic (exact) mass is 415 g/mol. The van der Waals surface area contributed by atoms with Gasteiger partial charge in [0.05, 0.1) is 7.11 Å². The van der Waals surface area contributed by atoms with Crippen LogP contribution in [0.25, 0.3) is 0 Å². The molecule has 158 valence electrons. The van der Waals surface area contributed by atoms with E-state index in [4.69, 9.17) is 4.74 Å². The highest BCUT2D eigenvalue weighted by Gasteiger charge is 2.24. The number of fused-ring (bicyclic) bond motifs is 1. The number of benzene rings is 2. The van der Waals surface area contributed by atoms with Crippen LogP contribution in [0.15, 0.2) is 66.7 Å². The number of aryl methyl sites for hydroxylation is 1. The Hall–Kier alpha value is -3.54. The Kier molecular flexibility index (Phi) is 6.36. The van der Waals surface area contributed by atoms with Crippen molar-refractivity contribution in [3.05, 3.63) is 89.5 Å². The van der Waals surface area contributed by atoms with E-state index in [2.05, 4.69) is 10.2 Å². The summed E-state index contributed by atoms with van der Waals surface area (Å²) in [6, 6.07) is 16.9. The van der Waals surface area contributed by atoms with Crippen molar-refractivity contribution < 1.29 is 14.3 Å². The Balaban J connectivity index is 1.38. The van der Waals surface area contributed by atoms with Gasteiger partial charge in [-0.1, -0.05) is 54.6 Å². The Morgan fingerprint density at radius 1 is 1.10 bits per heavy atom. The van der Waals surface area contributed by atoms with Gasteiger partial charge in [0, 0.05) is 43.7 Å². The summed E-state index contributed by atoms with van der Waals surface area (Å²) < 4.78 is 7.25. The number of Topliss-reactive ketones (excluding diaryl/α,β-unsaturated/α-hetero) is 2. The molecule has 0 fully saturated rings. The fourth-order valence-electron chi connectivity index (χ4n) is 3.87. The maximum atomic E-state index is 12.6. The largest absolute Gasteiger partial charge is 0.497 e. The van der Waals surface area contributed by atoms with Gasteiger partial charge in [0.15, 0.2) is 5.78 Å². The molecule has 0 saturated carbocycles. The predicted molar refractivity (Wildman–Crippen MR) is 117 cm³/mol. The minimum atomic E-state index is -0.102. The third-order valence-corrected chi connectivity index (χ3v) is 5.51. The van der Waals surface area contributed by atoms with Gasteiger partial charge in [-0.2, -0.15) is 0 Å². The van der Waals surface area contributed by atoms with Gasteiger partial charge in [-0.05, 0) is 17.7 Å². The van der Waals surface area contributed by atoms with E-state index >= 15 is 0 Å². The summed E-state index contributed by atoms with van der Waals surface area (Å²) in [5, 5.41) is 8.68. The molecule has 0 bridgehead atoms. The van der Waals surface area contributed by atoms with E-state index in [-0.39, 0.29) is 17.5 Å². The second-order valence-corrected chi connectivity index (χ2v) is 7.68. The number of methoxy groups -OCH3 is 1. The molecule has 6 nitrogen and oxygen atoms in total. The van der Waals surface area contributed by atoms with E-state index in [1.807, 2.05) is 71.3 Å². The number of rotatable bonds is 9. The van der Waals surface area contributed by atoms with Gasteiger partial charge >= 0.3 is 0 Å². The van der Waals surface area contributed by atoms with Gasteiger partial charge in [0.25, 0.3) is 0 Å². The number of nitrogens with zero attached hydrogens (tertiary/aromatic N) is 3. The molecule has 1 aliphatic rings. The fraction of sp³-hybridized carbons (Fsp3) is 0.280. The van der Waals surface area contributed by atoms with Crippen LogP contribution < -0.4 is 4.74 Å². The van der Waals surface area contributed by atoms with E-state index in [0.29, 0.717) is 37.8 Å². The van der Waals surface area contributed by atoms with Crippen molar-refractivity contribution in [2.24, 2.45) is 0 Å². The molecular formula is C25H25N3O3. The zero-order valence-corrected chi connectivity index (χ0v) is 17.5. The van der Waals surface area contributed by atoms with Gasteiger partial charge in [-0.15, -0.1) is 10.2 Å². The van der Waals surface area contributed by atoms with Crippen LogP contribution in [0, 0.1) is 0 Å². The van der Waals surface area contributed by atoms with E-state index in [1.165, 1.54) is 0 Å². The number of carbonyl (C=O) groups excluding carboxylic acids is 2. The normalized spacial score (nSPS) is 14.8. The SMILES string of the molecule is COc1cccc(CC(=O)CCc2nnc3n2CC=CC3CC(=O)c2ccccc2)c1. The summed E-state index contributed by atoms with van der Waals surface area (Å²) in [7, 11) is 1.62. The standard InChI is InChI=1S/C25H25N3O3/c1-31-22-11-5-7-18(16-22)15-21(29)12-13-24-26-27-25-20(10-6-14-28(24)25)17-23(30)19-8-3-2-4-9-19/h2-11,16,20H,12-15,17H2,1H3. The highest BCUT2D eigenvalue weighted by Crippen LogP contribution is 2.26. The van der Waals surface area contributed by atoms with Gasteiger partial charge in [-0.3, -0.25) is 9.59 Å². The Morgan fingerprint density at radius 2 is 1.94 bits per heavy atom. The third kappa shape index (κ3) is 4.97. The molecule has 2 heterocycles. The van der Waals surface area contributed by atoms with Crippen molar-refractivity contribution in [1.29, 1.82) is 0 Å². The lowest BCUT2D eigenvalue weighted by Crippen LogP contribution is -2.17. The first-order chi connectivity index (χ1) is 15.1. The number of ketones is 2. The average molecular weight is 415 g/mol. The highest BCUT2D eigenvalue weighted by molar-refractivity contribution is 5.96. The maximum absolute atomic E-state index is 12.6. The average Bonchev–Trinajstić information content (AvgIpc) is 3.22. The number of hydrogen-bond acceptors (Lipinski definition) is 5. The van der Waals surface area contributed by atoms with E-state index in [1.54, 1.807) is 7.11 Å². The molecule has 31 heavy (non-hydrogen) atoms. The van der Waals surface area contributed by atoms with Gasteiger partial charge < -0.3 is 9.30 Å². The van der Waals surface area contributed by atoms with Crippen LogP contribution in [0.4, 0.5) is 0 Å². The van der Waals surface area contributed by atoms with Crippen molar-refractivity contribution in [2.75, 3.05) is 7.11 Å². The van der Waals surface area contributed by atoms with E-state index < -0.39 is 0 Å². The molecule has 0 spiro atoms. The van der Waals surface area contributed by atoms with Crippen LogP contribution in [-0.2, 0) is 24.2 Å². The Morgan fingerprint density at radius 3 is 2.74 bits per heavy atom. The number of allylic oxidation sites excluding steroid dienone is 2. The van der Waals surface area contributed by atoms with E-state index in [9.17, 15) is 9.59 Å². The predicted octanol–water partition coefficient (Wildman–Crippen LogP) is 3.96. The van der Waals surface area contributed by atoms with Gasteiger partial charge in [-0.25, -0.2) is 0 Å². The lowest BCUT2D eigenvalue weighted by Gasteiger charge is -2.18. The molecule has 1 aromatic heterocycles. The fourth-order valence-corrected chi connectivity index (χ4v) is 3.87. The van der Waals surface area contributed by atoms with Gasteiger partial charge in [0.2, 0.25) is 0 Å². The lowest BCUT2D eigenvalue weighted by molar-refractivity contribution is -0.118. The highest BCUT2D eigenvalue weighted by atomic mass is 16.5. The number of hydrogen-bond donors (Lipinski definition) is 0. The summed E-state index contributed by atoms with van der Waals surface area (Å²) in [5.41, 5.74) is 1.64. The van der Waals surface area contributed by atoms with Crippen LogP contribution in [0.2, 0.25) is 0 Å². The quantitative estimate of drug-likeness (QED) is 0.391. The second kappa shape index (κ2) is 9.51. The van der Waals surface area contributed by atoms with Crippen LogP contribution in [-0.4, -0.2) is 33.4 Å². The van der Waals surface area contributed by atoms with Crippen molar-refractivity contribution >= 4 is 11.6 Å². The molecular weight excluding hydrogens is 390 g/mol.